The molecule has 0 bridgehead atoms. The van der Waals surface area contributed by atoms with Crippen LogP contribution < -0.4 is 26.0 Å². The smallest absolute Gasteiger partial charge is 0.326 e. The number of urea groups is 1. The van der Waals surface area contributed by atoms with Crippen LogP contribution in [0.5, 0.6) is 5.75 Å². The van der Waals surface area contributed by atoms with Gasteiger partial charge in [-0.3, -0.25) is 67.5 Å². The predicted octanol–water partition coefficient (Wildman–Crippen LogP) is -2.82. The van der Waals surface area contributed by atoms with Gasteiger partial charge in [0.2, 0.25) is 17.7 Å². The van der Waals surface area contributed by atoms with Crippen molar-refractivity contribution in [1.82, 2.24) is 75.2 Å². The fourth-order valence-corrected chi connectivity index (χ4v) is 9.78. The highest BCUT2D eigenvalue weighted by Crippen LogP contribution is 2.18. The highest BCUT2D eigenvalue weighted by atomic mass is 16.5. The molecule has 0 radical (unpaired) electrons. The molecule has 516 valence electrons. The molecule has 1 aromatic carbocycles. The molecule has 93 heavy (non-hydrogen) atoms. The Kier molecular flexibility index (Phi) is 34.2. The second kappa shape index (κ2) is 41.5. The van der Waals surface area contributed by atoms with Crippen molar-refractivity contribution in [3.8, 4) is 5.75 Å². The van der Waals surface area contributed by atoms with Crippen molar-refractivity contribution in [2.24, 2.45) is 0 Å². The highest BCUT2D eigenvalue weighted by molar-refractivity contribution is 5.87. The van der Waals surface area contributed by atoms with Crippen molar-refractivity contribution in [2.45, 2.75) is 115 Å². The van der Waals surface area contributed by atoms with E-state index >= 15 is 0 Å². The molecule has 13 N–H and O–H groups in total. The third-order valence-electron chi connectivity index (χ3n) is 14.6. The molecule has 2 unspecified atom stereocenters. The molecule has 36 heteroatoms. The van der Waals surface area contributed by atoms with Gasteiger partial charge in [-0.15, -0.1) is 5.10 Å². The molecule has 0 saturated carbocycles. The van der Waals surface area contributed by atoms with Gasteiger partial charge < -0.3 is 81.4 Å². The number of aromatic nitrogens is 5. The molecule has 36 nitrogen and oxygen atoms in total. The van der Waals surface area contributed by atoms with Crippen LogP contribution in [0, 0.1) is 0 Å². The Morgan fingerprint density at radius 1 is 0.581 bits per heavy atom. The number of hydrogen-bond donors (Lipinski definition) is 13. The molecule has 2 aromatic heterocycles. The number of rotatable bonds is 43. The number of imidazole rings is 1. The average Bonchev–Trinajstić information content (AvgIpc) is 2.07. The number of carbonyl (C=O) groups excluding carboxylic acids is 4. The van der Waals surface area contributed by atoms with Gasteiger partial charge in [-0.1, -0.05) is 23.8 Å². The zero-order valence-electron chi connectivity index (χ0n) is 51.7. The zero-order valence-corrected chi connectivity index (χ0v) is 51.7. The van der Waals surface area contributed by atoms with E-state index in [2.05, 4.69) is 41.5 Å². The van der Waals surface area contributed by atoms with Crippen LogP contribution in [0.3, 0.4) is 0 Å². The van der Waals surface area contributed by atoms with E-state index in [9.17, 15) is 93.6 Å². The zero-order chi connectivity index (χ0) is 68.2. The molecule has 0 aliphatic carbocycles. The van der Waals surface area contributed by atoms with Gasteiger partial charge in [0.25, 0.3) is 0 Å². The Hall–Kier alpha value is -8.94. The number of amides is 5. The second-order valence-corrected chi connectivity index (χ2v) is 22.2. The minimum Gasteiger partial charge on any atom is -0.487 e. The van der Waals surface area contributed by atoms with Gasteiger partial charge >= 0.3 is 47.8 Å². The van der Waals surface area contributed by atoms with Crippen LogP contribution in [-0.4, -0.2) is 295 Å². The third-order valence-corrected chi connectivity index (χ3v) is 14.6. The number of carbonyl (C=O) groups is 11. The van der Waals surface area contributed by atoms with E-state index in [0.717, 1.165) is 5.56 Å². The SMILES string of the molecule is O=C(O)CCC(NC(=O)NC(CCCCNC(=O)CCCCCN(Cc1ccc(OCc2cn(CCCNC(=O)CN3CCN(CC(=O)O)CCN(CC(=O)O)CCN(CC(O)O)CC3)nn2)cc1)Cc1nccn1CC(=O)N(CC(=O)O)CC(=O)O)C(=O)O)C(=O)O. The number of unbranched alkanes of at least 4 members (excludes halogenated alkanes) is 3. The maximum absolute atomic E-state index is 13.2. The summed E-state index contributed by atoms with van der Waals surface area (Å²) in [5, 5.41) is 103. The van der Waals surface area contributed by atoms with E-state index in [0.29, 0.717) is 113 Å². The van der Waals surface area contributed by atoms with E-state index in [-0.39, 0.29) is 103 Å². The summed E-state index contributed by atoms with van der Waals surface area (Å²) in [4.78, 5) is 146. The standard InChI is InChI=1S/C57H87N15O21/c73-46(59-15-4-3-7-43(55(88)89)61-57(92)62-44(56(90)91)13-14-49(76)77)8-2-1-5-18-69(31-45-58-17-20-70(45)33-48(75)71(37-53(84)85)38-54(86)87)29-40-9-11-42(12-10-40)93-39-41-30-72(64-63-41)19-6-16-60-47(74)32-65-21-23-66(34-50(78)79)25-27-68(36-52(82)83)28-26-67(24-22-65)35-51(80)81/h9-12,17,20,30,43-44,50,78-79H,1-8,13-16,18-19,21-29,31-39H2,(H,59,73)(H,60,74)(H,76,77)(H,80,81)(H,82,83)(H,84,85)(H,86,87)(H,88,89)(H,90,91)(H2,61,62,92). The minimum atomic E-state index is -1.63. The summed E-state index contributed by atoms with van der Waals surface area (Å²) in [5.41, 5.74) is 1.41. The Balaban J connectivity index is 1.27. The quantitative estimate of drug-likeness (QED) is 0.0201. The monoisotopic (exact) mass is 1320 g/mol. The lowest BCUT2D eigenvalue weighted by atomic mass is 10.1. The summed E-state index contributed by atoms with van der Waals surface area (Å²) < 4.78 is 9.16. The Bertz CT molecular complexity index is 2880. The first kappa shape index (κ1) is 76.5. The average molecular weight is 1320 g/mol. The number of β-amino-alcohol motifs (C(OH)–C–C–N with tert-alkyl or cyclic N) is 2. The summed E-state index contributed by atoms with van der Waals surface area (Å²) in [7, 11) is 0. The van der Waals surface area contributed by atoms with E-state index in [1.54, 1.807) is 37.7 Å². The molecule has 1 aliphatic heterocycles. The Labute approximate surface area is 535 Å². The predicted molar refractivity (Wildman–Crippen MR) is 323 cm³/mol. The number of ether oxygens (including phenoxy) is 1. The van der Waals surface area contributed by atoms with Crippen molar-refractivity contribution in [3.05, 3.63) is 59.9 Å². The molecular formula is C57H87N15O21. The Morgan fingerprint density at radius 3 is 1.72 bits per heavy atom. The molecule has 0 spiro atoms. The molecule has 2 atom stereocenters. The highest BCUT2D eigenvalue weighted by Gasteiger charge is 2.27. The fourth-order valence-electron chi connectivity index (χ4n) is 9.78. The molecule has 5 amide bonds. The third kappa shape index (κ3) is 32.8. The van der Waals surface area contributed by atoms with Crippen molar-refractivity contribution in [1.29, 1.82) is 0 Å². The number of aryl methyl sites for hydroxylation is 1. The maximum atomic E-state index is 13.2. The number of aliphatic hydroxyl groups excluding tert-OH is 1. The summed E-state index contributed by atoms with van der Waals surface area (Å²) in [6, 6.07) is 3.28. The van der Waals surface area contributed by atoms with Crippen LogP contribution in [0.2, 0.25) is 0 Å². The number of carboxylic acids is 7. The largest absolute Gasteiger partial charge is 0.487 e. The van der Waals surface area contributed by atoms with Crippen molar-refractivity contribution in [3.63, 3.8) is 0 Å². The van der Waals surface area contributed by atoms with Crippen molar-refractivity contribution in [2.75, 3.05) is 111 Å². The van der Waals surface area contributed by atoms with Gasteiger partial charge in [0.05, 0.1) is 32.4 Å². The summed E-state index contributed by atoms with van der Waals surface area (Å²) in [6.07, 6.45) is 5.19. The molecule has 3 heterocycles. The number of aliphatic carboxylic acids is 7. The van der Waals surface area contributed by atoms with Crippen LogP contribution in [-0.2, 0) is 80.7 Å². The van der Waals surface area contributed by atoms with E-state index in [4.69, 9.17) is 9.84 Å². The van der Waals surface area contributed by atoms with Crippen LogP contribution >= 0.6 is 0 Å². The lowest BCUT2D eigenvalue weighted by Crippen LogP contribution is -2.51. The summed E-state index contributed by atoms with van der Waals surface area (Å²) >= 11 is 0. The Morgan fingerprint density at radius 2 is 1.15 bits per heavy atom. The fraction of sp³-hybridized carbons (Fsp3) is 0.614. The first-order chi connectivity index (χ1) is 44.3. The summed E-state index contributed by atoms with van der Waals surface area (Å²) in [6.45, 7) is 1.92. The first-order valence-corrected chi connectivity index (χ1v) is 30.3. The lowest BCUT2D eigenvalue weighted by molar-refractivity contribution is -0.149. The second-order valence-electron chi connectivity index (χ2n) is 22.2. The van der Waals surface area contributed by atoms with Crippen LogP contribution in [0.4, 0.5) is 4.79 Å². The maximum Gasteiger partial charge on any atom is 0.326 e. The molecule has 1 saturated heterocycles. The number of benzene rings is 1. The first-order valence-electron chi connectivity index (χ1n) is 30.3. The number of hydrogen-bond acceptors (Lipinski definition) is 22. The molecule has 1 fully saturated rings. The molecule has 1 aliphatic rings. The number of nitrogens with zero attached hydrogens (tertiary/aromatic N) is 11. The number of aliphatic hydroxyl groups is 2. The van der Waals surface area contributed by atoms with Gasteiger partial charge in [0.15, 0.2) is 6.29 Å². The van der Waals surface area contributed by atoms with Gasteiger partial charge in [0, 0.05) is 110 Å². The van der Waals surface area contributed by atoms with E-state index in [1.807, 2.05) is 17.0 Å². The van der Waals surface area contributed by atoms with Crippen LogP contribution in [0.1, 0.15) is 81.3 Å². The number of carboxylic acid groups (broad SMARTS) is 7. The van der Waals surface area contributed by atoms with Crippen molar-refractivity contribution >= 4 is 65.5 Å². The van der Waals surface area contributed by atoms with E-state index in [1.165, 1.54) is 17.0 Å². The van der Waals surface area contributed by atoms with Gasteiger partial charge in [0.1, 0.15) is 55.6 Å². The van der Waals surface area contributed by atoms with Gasteiger partial charge in [-0.25, -0.2) is 19.4 Å². The van der Waals surface area contributed by atoms with Crippen LogP contribution in [0.15, 0.2) is 42.9 Å². The minimum absolute atomic E-state index is 0.00584. The number of nitrogens with one attached hydrogen (secondary N) is 4. The van der Waals surface area contributed by atoms with E-state index < -0.39 is 98.0 Å². The topological polar surface area (TPSA) is 495 Å². The van der Waals surface area contributed by atoms with Gasteiger partial charge in [-0.2, -0.15) is 0 Å². The van der Waals surface area contributed by atoms with Crippen LogP contribution in [0.25, 0.3) is 0 Å². The summed E-state index contributed by atoms with van der Waals surface area (Å²) in [5.74, 6) is -9.25. The molecule has 4 rings (SSSR count). The normalized spacial score (nSPS) is 14.5. The van der Waals surface area contributed by atoms with Gasteiger partial charge in [-0.05, 0) is 69.2 Å². The molecule has 3 aromatic rings. The van der Waals surface area contributed by atoms with Crippen molar-refractivity contribution < 1.29 is 103 Å². The molecular weight excluding hydrogens is 1230 g/mol. The lowest BCUT2D eigenvalue weighted by Gasteiger charge is -2.33.